The van der Waals surface area contributed by atoms with E-state index >= 15 is 0 Å². The first-order chi connectivity index (χ1) is 9.74. The fourth-order valence-corrected chi connectivity index (χ4v) is 1.87. The van der Waals surface area contributed by atoms with E-state index in [0.29, 0.717) is 5.75 Å². The van der Waals surface area contributed by atoms with Crippen LogP contribution in [0.3, 0.4) is 0 Å². The molecule has 5 nitrogen and oxygen atoms in total. The Morgan fingerprint density at radius 2 is 1.95 bits per heavy atom. The number of benzene rings is 1. The lowest BCUT2D eigenvalue weighted by Gasteiger charge is -2.23. The zero-order chi connectivity index (χ0) is 16.0. The minimum Gasteiger partial charge on any atom is -0.548 e. The standard InChI is InChI=1S/C16H23NO4/c1-5-11-6-7-13(12(8-11)16(2,3)4)21-10-14(18)17-9-15(19)20/h6-8H,5,9-10H2,1-4H3,(H,17,18)(H,19,20)/p-1. The Morgan fingerprint density at radius 1 is 1.29 bits per heavy atom. The number of nitrogens with one attached hydrogen (secondary N) is 1. The van der Waals surface area contributed by atoms with Crippen LogP contribution in [0.25, 0.3) is 0 Å². The monoisotopic (exact) mass is 292 g/mol. The Bertz CT molecular complexity index is 517. The van der Waals surface area contributed by atoms with Crippen molar-refractivity contribution in [1.29, 1.82) is 0 Å². The first-order valence-electron chi connectivity index (χ1n) is 6.96. The summed E-state index contributed by atoms with van der Waals surface area (Å²) in [5.74, 6) is -1.17. The summed E-state index contributed by atoms with van der Waals surface area (Å²) in [6.07, 6.45) is 0.926. The van der Waals surface area contributed by atoms with Crippen molar-refractivity contribution >= 4 is 11.9 Å². The number of rotatable bonds is 6. The summed E-state index contributed by atoms with van der Waals surface area (Å²) in [5.41, 5.74) is 2.12. The third-order valence-corrected chi connectivity index (χ3v) is 3.05. The highest BCUT2D eigenvalue weighted by Gasteiger charge is 2.20. The molecule has 0 spiro atoms. The molecule has 0 aliphatic carbocycles. The number of aryl methyl sites for hydroxylation is 1. The van der Waals surface area contributed by atoms with Gasteiger partial charge < -0.3 is 20.0 Å². The average Bonchev–Trinajstić information content (AvgIpc) is 2.41. The largest absolute Gasteiger partial charge is 0.548 e. The molecule has 0 unspecified atom stereocenters. The van der Waals surface area contributed by atoms with Gasteiger partial charge in [-0.05, 0) is 29.0 Å². The third kappa shape index (κ3) is 5.45. The maximum absolute atomic E-state index is 11.5. The van der Waals surface area contributed by atoms with Crippen molar-refractivity contribution in [2.75, 3.05) is 13.2 Å². The average molecular weight is 292 g/mol. The second-order valence-corrected chi connectivity index (χ2v) is 5.87. The number of carboxylic acid groups (broad SMARTS) is 1. The SMILES string of the molecule is CCc1ccc(OCC(=O)NCC(=O)[O-])c(C(C)(C)C)c1. The van der Waals surface area contributed by atoms with E-state index in [1.807, 2.05) is 12.1 Å². The summed E-state index contributed by atoms with van der Waals surface area (Å²) in [5, 5.41) is 12.5. The van der Waals surface area contributed by atoms with Gasteiger partial charge >= 0.3 is 0 Å². The van der Waals surface area contributed by atoms with Crippen molar-refractivity contribution in [3.05, 3.63) is 29.3 Å². The highest BCUT2D eigenvalue weighted by atomic mass is 16.5. The molecule has 0 saturated heterocycles. The van der Waals surface area contributed by atoms with Crippen LogP contribution in [-0.2, 0) is 21.4 Å². The van der Waals surface area contributed by atoms with Gasteiger partial charge in [-0.25, -0.2) is 0 Å². The van der Waals surface area contributed by atoms with Crippen molar-refractivity contribution in [3.8, 4) is 5.75 Å². The number of carboxylic acids is 1. The number of carbonyl (C=O) groups is 2. The van der Waals surface area contributed by atoms with E-state index in [0.717, 1.165) is 12.0 Å². The molecular weight excluding hydrogens is 270 g/mol. The van der Waals surface area contributed by atoms with E-state index in [-0.39, 0.29) is 12.0 Å². The number of ether oxygens (including phenoxy) is 1. The van der Waals surface area contributed by atoms with Crippen molar-refractivity contribution in [2.45, 2.75) is 39.5 Å². The molecular formula is C16H22NO4-. The molecule has 116 valence electrons. The van der Waals surface area contributed by atoms with E-state index < -0.39 is 18.4 Å². The Kier molecular flexibility index (Phi) is 5.76. The molecule has 0 aliphatic heterocycles. The van der Waals surface area contributed by atoms with E-state index in [9.17, 15) is 14.7 Å². The molecule has 0 fully saturated rings. The van der Waals surface area contributed by atoms with Crippen molar-refractivity contribution in [2.24, 2.45) is 0 Å². The summed E-state index contributed by atoms with van der Waals surface area (Å²) in [6.45, 7) is 7.57. The van der Waals surface area contributed by atoms with E-state index in [2.05, 4.69) is 39.1 Å². The molecule has 5 heteroatoms. The van der Waals surface area contributed by atoms with Gasteiger partial charge in [0.2, 0.25) is 0 Å². The van der Waals surface area contributed by atoms with Crippen LogP contribution in [-0.4, -0.2) is 25.0 Å². The lowest BCUT2D eigenvalue weighted by Crippen LogP contribution is -2.39. The number of amides is 1. The first kappa shape index (κ1) is 17.0. The van der Waals surface area contributed by atoms with Crippen LogP contribution < -0.4 is 15.2 Å². The van der Waals surface area contributed by atoms with Crippen molar-refractivity contribution < 1.29 is 19.4 Å². The number of hydrogen-bond donors (Lipinski definition) is 1. The molecule has 0 heterocycles. The van der Waals surface area contributed by atoms with Gasteiger partial charge in [-0.3, -0.25) is 4.79 Å². The van der Waals surface area contributed by atoms with Gasteiger partial charge in [0, 0.05) is 0 Å². The number of hydrogen-bond acceptors (Lipinski definition) is 4. The predicted octanol–water partition coefficient (Wildman–Crippen LogP) is 0.791. The molecule has 21 heavy (non-hydrogen) atoms. The Labute approximate surface area is 125 Å². The van der Waals surface area contributed by atoms with Gasteiger partial charge in [-0.2, -0.15) is 0 Å². The molecule has 0 bridgehead atoms. The minimum absolute atomic E-state index is 0.109. The molecule has 0 atom stereocenters. The van der Waals surface area contributed by atoms with Gasteiger partial charge in [-0.15, -0.1) is 0 Å². The molecule has 0 radical (unpaired) electrons. The van der Waals surface area contributed by atoms with Gasteiger partial charge in [0.25, 0.3) is 5.91 Å². The van der Waals surface area contributed by atoms with Crippen molar-refractivity contribution in [1.82, 2.24) is 5.32 Å². The van der Waals surface area contributed by atoms with E-state index in [1.165, 1.54) is 5.56 Å². The zero-order valence-electron chi connectivity index (χ0n) is 13.0. The fraction of sp³-hybridized carbons (Fsp3) is 0.500. The molecule has 0 saturated carbocycles. The van der Waals surface area contributed by atoms with Crippen LogP contribution >= 0.6 is 0 Å². The first-order valence-corrected chi connectivity index (χ1v) is 6.96. The molecule has 1 aromatic carbocycles. The number of aliphatic carboxylic acids is 1. The van der Waals surface area contributed by atoms with Crippen LogP contribution in [0.2, 0.25) is 0 Å². The highest BCUT2D eigenvalue weighted by Crippen LogP contribution is 2.32. The zero-order valence-corrected chi connectivity index (χ0v) is 13.0. The predicted molar refractivity (Wildman–Crippen MR) is 78.0 cm³/mol. The summed E-state index contributed by atoms with van der Waals surface area (Å²) < 4.78 is 5.53. The molecule has 0 aromatic heterocycles. The lowest BCUT2D eigenvalue weighted by molar-refractivity contribution is -0.304. The van der Waals surface area contributed by atoms with Crippen LogP contribution in [0, 0.1) is 0 Å². The Morgan fingerprint density at radius 3 is 2.48 bits per heavy atom. The maximum Gasteiger partial charge on any atom is 0.258 e. The normalized spacial score (nSPS) is 11.0. The summed E-state index contributed by atoms with van der Waals surface area (Å²) >= 11 is 0. The fourth-order valence-electron chi connectivity index (χ4n) is 1.87. The third-order valence-electron chi connectivity index (χ3n) is 3.05. The van der Waals surface area contributed by atoms with Crippen LogP contribution in [0.15, 0.2) is 18.2 Å². The minimum atomic E-state index is -1.33. The number of carbonyl (C=O) groups excluding carboxylic acids is 2. The maximum atomic E-state index is 11.5. The summed E-state index contributed by atoms with van der Waals surface area (Å²) in [7, 11) is 0. The van der Waals surface area contributed by atoms with Crippen LogP contribution in [0.5, 0.6) is 5.75 Å². The topological polar surface area (TPSA) is 78.5 Å². The second-order valence-electron chi connectivity index (χ2n) is 5.87. The molecule has 1 rings (SSSR count). The van der Waals surface area contributed by atoms with Gasteiger partial charge in [0.05, 0.1) is 12.5 Å². The molecule has 1 N–H and O–H groups in total. The summed E-state index contributed by atoms with van der Waals surface area (Å²) in [6, 6.07) is 5.89. The van der Waals surface area contributed by atoms with E-state index in [1.54, 1.807) is 0 Å². The Hall–Kier alpha value is -2.04. The highest BCUT2D eigenvalue weighted by molar-refractivity contribution is 5.81. The molecule has 0 aliphatic rings. The molecule has 1 aromatic rings. The smallest absolute Gasteiger partial charge is 0.258 e. The van der Waals surface area contributed by atoms with Gasteiger partial charge in [-0.1, -0.05) is 39.8 Å². The van der Waals surface area contributed by atoms with Gasteiger partial charge in [0.15, 0.2) is 6.61 Å². The van der Waals surface area contributed by atoms with Crippen LogP contribution in [0.1, 0.15) is 38.8 Å². The lowest BCUT2D eigenvalue weighted by atomic mass is 9.85. The van der Waals surface area contributed by atoms with Crippen LogP contribution in [0.4, 0.5) is 0 Å². The molecule has 1 amide bonds. The van der Waals surface area contributed by atoms with Gasteiger partial charge in [0.1, 0.15) is 5.75 Å². The second kappa shape index (κ2) is 7.11. The summed E-state index contributed by atoms with van der Waals surface area (Å²) in [4.78, 5) is 21.7. The quantitative estimate of drug-likeness (QED) is 0.841. The van der Waals surface area contributed by atoms with E-state index in [4.69, 9.17) is 4.74 Å². The Balaban J connectivity index is 2.79. The van der Waals surface area contributed by atoms with Crippen molar-refractivity contribution in [3.63, 3.8) is 0 Å².